The first-order chi connectivity index (χ1) is 7.97. The van der Waals surface area contributed by atoms with E-state index in [4.69, 9.17) is 47.3 Å². The first kappa shape index (κ1) is 40.5. The molecular weight excluding hydrogens is 487 g/mol. The standard InChI is InChI=1S/6CN.Fe.4K.Mn.4O/c6*1-2;;;;;;;;;;/q;;;;;;-3;4*+1;;;;;-1. The van der Waals surface area contributed by atoms with Crippen LogP contribution in [0.25, 0.3) is 0 Å². The fraction of sp³-hybridized carbons (Fsp3) is 0. The van der Waals surface area contributed by atoms with Crippen molar-refractivity contribution in [1.82, 2.24) is 0 Å². The average molecular weight is 487 g/mol. The first-order valence-corrected chi connectivity index (χ1v) is 8.26. The maximum atomic E-state index is 8.58. The van der Waals surface area contributed by atoms with E-state index in [0.717, 1.165) is 29.8 Å². The second-order valence-electron chi connectivity index (χ2n) is 2.18. The van der Waals surface area contributed by atoms with Crippen molar-refractivity contribution in [3.8, 4) is 29.8 Å². The van der Waals surface area contributed by atoms with Crippen molar-refractivity contribution in [3.63, 3.8) is 0 Å². The Labute approximate surface area is 296 Å². The predicted octanol–water partition coefficient (Wildman–Crippen LogP) is -13.4. The van der Waals surface area contributed by atoms with Gasteiger partial charge in [-0.3, -0.25) is 0 Å². The van der Waals surface area contributed by atoms with Gasteiger partial charge in [0.05, 0.1) is 0 Å². The Bertz CT molecular complexity index is 668. The van der Waals surface area contributed by atoms with Crippen LogP contribution in [-0.2, 0) is 35.2 Å². The van der Waals surface area contributed by atoms with Gasteiger partial charge in [-0.15, -0.1) is 0 Å². The van der Waals surface area contributed by atoms with Crippen LogP contribution in [0, 0.1) is 61.4 Å². The molecule has 0 fully saturated rings. The summed E-state index contributed by atoms with van der Waals surface area (Å²) in [6, 6.07) is 0. The molecule has 0 aromatic heterocycles. The number of nitriles is 6. The minimum absolute atomic E-state index is 0. The van der Waals surface area contributed by atoms with Gasteiger partial charge in [0, 0.05) is 0 Å². The van der Waals surface area contributed by atoms with Gasteiger partial charge in [-0.1, -0.05) is 0 Å². The van der Waals surface area contributed by atoms with Crippen LogP contribution in [0.2, 0.25) is 0 Å². The Balaban J connectivity index is -0.0000000627. The van der Waals surface area contributed by atoms with E-state index in [1.54, 1.807) is 0 Å². The van der Waals surface area contributed by atoms with Gasteiger partial charge in [0.25, 0.3) is 0 Å². The molecule has 0 unspecified atom stereocenters. The van der Waals surface area contributed by atoms with Crippen LogP contribution >= 0.6 is 0 Å². The molecular formula is C6FeK4MnN6O4. The maximum absolute atomic E-state index is 8.58. The average Bonchev–Trinajstić information content (AvgIpc) is 2.34. The van der Waals surface area contributed by atoms with Crippen molar-refractivity contribution in [2.45, 2.75) is 0 Å². The summed E-state index contributed by atoms with van der Waals surface area (Å²) in [7, 11) is -6.17. The van der Waals surface area contributed by atoms with E-state index in [2.05, 4.69) is 0 Å². The Morgan fingerprint density at radius 2 is 0.682 bits per heavy atom. The molecule has 10 nitrogen and oxygen atoms in total. The van der Waals surface area contributed by atoms with Crippen LogP contribution in [-0.4, -0.2) is 0 Å². The van der Waals surface area contributed by atoms with Gasteiger partial charge in [0.1, 0.15) is 0 Å². The fourth-order valence-corrected chi connectivity index (χ4v) is 1.09. The van der Waals surface area contributed by atoms with Crippen molar-refractivity contribution < 1.29 is 245 Å². The van der Waals surface area contributed by atoms with Gasteiger partial charge in [0.15, 0.2) is 0 Å². The van der Waals surface area contributed by atoms with Crippen molar-refractivity contribution in [2.75, 3.05) is 0 Å². The Morgan fingerprint density at radius 1 is 0.591 bits per heavy atom. The summed E-state index contributed by atoms with van der Waals surface area (Å²) in [4.78, 5) is 6.19. The van der Waals surface area contributed by atoms with E-state index in [-0.39, 0.29) is 206 Å². The summed E-state index contributed by atoms with van der Waals surface area (Å²) in [5.41, 5.74) is 0. The molecule has 0 atom stereocenters. The van der Waals surface area contributed by atoms with Gasteiger partial charge >= 0.3 is 306 Å². The van der Waals surface area contributed by atoms with Crippen LogP contribution in [0.1, 0.15) is 0 Å². The van der Waals surface area contributed by atoms with Crippen LogP contribution in [0.3, 0.4) is 0 Å². The molecule has 0 spiro atoms. The van der Waals surface area contributed by atoms with Crippen molar-refractivity contribution in [2.24, 2.45) is 0 Å². The Hall–Kier alpha value is 3.88. The molecule has 0 amide bonds. The Kier molecular flexibility index (Phi) is 27.4. The van der Waals surface area contributed by atoms with Crippen LogP contribution < -0.4 is 210 Å². The van der Waals surface area contributed by atoms with Gasteiger partial charge in [-0.2, -0.15) is 0 Å². The molecule has 0 saturated heterocycles. The molecule has 0 N–H and O–H groups in total. The number of rotatable bonds is 0. The third kappa shape index (κ3) is 10.9. The molecule has 97 valence electrons. The summed E-state index contributed by atoms with van der Waals surface area (Å²) in [6.07, 6.45) is 0. The van der Waals surface area contributed by atoms with Gasteiger partial charge in [-0.25, -0.2) is 0 Å². The van der Waals surface area contributed by atoms with Crippen molar-refractivity contribution in [1.29, 1.82) is 31.6 Å². The van der Waals surface area contributed by atoms with E-state index >= 15 is 0 Å². The summed E-state index contributed by atoms with van der Waals surface area (Å²) in [5, 5.41) is 51.5. The summed E-state index contributed by atoms with van der Waals surface area (Å²) >= 11 is -5.62. The second kappa shape index (κ2) is 14.9. The summed E-state index contributed by atoms with van der Waals surface area (Å²) < 4.78 is 34.3. The quantitative estimate of drug-likeness (QED) is 0.294. The van der Waals surface area contributed by atoms with Gasteiger partial charge in [0.2, 0.25) is 0 Å². The molecule has 0 rings (SSSR count). The third-order valence-electron chi connectivity index (χ3n) is 1.19. The van der Waals surface area contributed by atoms with E-state index in [1.807, 2.05) is 0 Å². The molecule has 0 aliphatic rings. The predicted molar refractivity (Wildman–Crippen MR) is 35.7 cm³/mol. The molecule has 0 aliphatic carbocycles. The topological polar surface area (TPSA) is 217 Å². The molecule has 0 bridgehead atoms. The molecule has 16 heteroatoms. The summed E-state index contributed by atoms with van der Waals surface area (Å²) in [6.45, 7) is 0. The third-order valence-corrected chi connectivity index (χ3v) is 4.89. The number of hydrogen-bond donors (Lipinski definition) is 0. The minimum atomic E-state index is -6.17. The SMILES string of the molecule is N#[C][Fe-3]([C]#N)([C]#N)([C]#N)([C]#N)[C]#N.[K+].[K+].[K+].[K+].[O]=[Mn](=[O])(=[O])[O-]. The van der Waals surface area contributed by atoms with E-state index < -0.39 is 23.7 Å². The van der Waals surface area contributed by atoms with Crippen LogP contribution in [0.5, 0.6) is 0 Å². The molecule has 0 aromatic carbocycles. The monoisotopic (exact) mass is 487 g/mol. The van der Waals surface area contributed by atoms with Crippen molar-refractivity contribution in [3.05, 3.63) is 0 Å². The fourth-order valence-electron chi connectivity index (χ4n) is 0.265. The molecule has 0 aromatic rings. The van der Waals surface area contributed by atoms with Crippen LogP contribution in [0.15, 0.2) is 0 Å². The zero-order chi connectivity index (χ0) is 15.2. The number of nitrogens with zero attached hydrogens (tertiary/aromatic N) is 6. The van der Waals surface area contributed by atoms with E-state index in [0.29, 0.717) is 0 Å². The molecule has 0 aliphatic heterocycles. The van der Waals surface area contributed by atoms with Crippen molar-refractivity contribution >= 4 is 0 Å². The second-order valence-corrected chi connectivity index (χ2v) is 8.98. The number of hydrogen-bond acceptors (Lipinski definition) is 10. The zero-order valence-corrected chi connectivity index (χ0v) is 26.8. The Morgan fingerprint density at radius 3 is 0.682 bits per heavy atom. The molecule has 0 heterocycles. The van der Waals surface area contributed by atoms with Gasteiger partial charge < -0.3 is 0 Å². The molecule has 0 radical (unpaired) electrons. The first-order valence-electron chi connectivity index (χ1n) is 3.02. The van der Waals surface area contributed by atoms with E-state index in [1.165, 1.54) is 0 Å². The van der Waals surface area contributed by atoms with E-state index in [9.17, 15) is 0 Å². The molecule has 0 saturated carbocycles. The summed E-state index contributed by atoms with van der Waals surface area (Å²) in [5.74, 6) is 0. The van der Waals surface area contributed by atoms with Crippen LogP contribution in [0.4, 0.5) is 0 Å². The van der Waals surface area contributed by atoms with Gasteiger partial charge in [-0.05, 0) is 0 Å². The zero-order valence-electron chi connectivity index (χ0n) is 12.0. The molecule has 22 heavy (non-hydrogen) atoms. The normalized spacial score (nSPS) is 10.5.